The number of thioether (sulfide) groups is 2. The van der Waals surface area contributed by atoms with Crippen LogP contribution in [0.25, 0.3) is 11.2 Å². The number of nitrogens with zero attached hydrogens (tertiary/aromatic N) is 5. The van der Waals surface area contributed by atoms with Crippen molar-refractivity contribution >= 4 is 46.4 Å². The third kappa shape index (κ3) is 4.19. The van der Waals surface area contributed by atoms with Crippen molar-refractivity contribution in [3.05, 3.63) is 0 Å². The molecule has 1 saturated carbocycles. The van der Waals surface area contributed by atoms with Crippen LogP contribution < -0.4 is 11.1 Å². The second kappa shape index (κ2) is 9.25. The van der Waals surface area contributed by atoms with Crippen LogP contribution in [0.1, 0.15) is 25.8 Å². The molecule has 10 nitrogen and oxygen atoms in total. The molecule has 0 bridgehead atoms. The zero-order chi connectivity index (χ0) is 20.3. The third-order valence-corrected chi connectivity index (χ3v) is 6.33. The molecule has 4 atom stereocenters. The van der Waals surface area contributed by atoms with Crippen molar-refractivity contribution in [3.8, 4) is 0 Å². The lowest BCUT2D eigenvalue weighted by Crippen LogP contribution is -2.35. The van der Waals surface area contributed by atoms with Crippen LogP contribution >= 0.6 is 23.5 Å². The van der Waals surface area contributed by atoms with Gasteiger partial charge in [-0.2, -0.15) is 11.8 Å². The van der Waals surface area contributed by atoms with Crippen molar-refractivity contribution < 1.29 is 15.0 Å². The Morgan fingerprint density at radius 2 is 2.11 bits per heavy atom. The molecule has 0 saturated heterocycles. The summed E-state index contributed by atoms with van der Waals surface area (Å²) in [5, 5.41) is 32.8. The summed E-state index contributed by atoms with van der Waals surface area (Å²) in [7, 11) is 0. The highest BCUT2D eigenvalue weighted by molar-refractivity contribution is 7.99. The summed E-state index contributed by atoms with van der Waals surface area (Å²) in [6.45, 7) is 2.79. The fourth-order valence-electron chi connectivity index (χ4n) is 3.22. The number of primary amides is 1. The number of rotatable bonds is 9. The van der Waals surface area contributed by atoms with E-state index in [4.69, 9.17) is 5.73 Å². The molecule has 2 heterocycles. The zero-order valence-corrected chi connectivity index (χ0v) is 17.4. The first kappa shape index (κ1) is 21.1. The molecule has 12 heteroatoms. The number of hydrogen-bond acceptors (Lipinski definition) is 10. The van der Waals surface area contributed by atoms with E-state index < -0.39 is 30.1 Å². The maximum atomic E-state index is 11.6. The highest BCUT2D eigenvalue weighted by Crippen LogP contribution is 2.37. The van der Waals surface area contributed by atoms with Gasteiger partial charge >= 0.3 is 0 Å². The molecule has 3 rings (SSSR count). The van der Waals surface area contributed by atoms with Crippen molar-refractivity contribution in [2.24, 2.45) is 11.7 Å². The van der Waals surface area contributed by atoms with Gasteiger partial charge in [-0.3, -0.25) is 4.79 Å². The molecule has 28 heavy (non-hydrogen) atoms. The summed E-state index contributed by atoms with van der Waals surface area (Å²) in [5.41, 5.74) is 6.31. The number of carbonyl (C=O) groups excluding carboxylic acids is 1. The molecule has 1 aliphatic rings. The quantitative estimate of drug-likeness (QED) is 0.249. The number of anilines is 1. The van der Waals surface area contributed by atoms with Gasteiger partial charge in [-0.1, -0.05) is 23.9 Å². The topological polar surface area (TPSA) is 152 Å². The molecule has 3 unspecified atom stereocenters. The summed E-state index contributed by atoms with van der Waals surface area (Å²) in [6.07, 6.45) is 0.756. The van der Waals surface area contributed by atoms with Crippen LogP contribution in [0.3, 0.4) is 0 Å². The van der Waals surface area contributed by atoms with E-state index >= 15 is 0 Å². The maximum absolute atomic E-state index is 11.6. The van der Waals surface area contributed by atoms with Gasteiger partial charge in [0.15, 0.2) is 22.1 Å². The molecule has 1 amide bonds. The first-order chi connectivity index (χ1) is 13.5. The molecular formula is C16H25N7O3S2. The van der Waals surface area contributed by atoms with Gasteiger partial charge in [0.05, 0.1) is 18.1 Å². The minimum atomic E-state index is -1.24. The van der Waals surface area contributed by atoms with Gasteiger partial charge < -0.3 is 21.3 Å². The van der Waals surface area contributed by atoms with Gasteiger partial charge in [-0.15, -0.1) is 5.10 Å². The summed E-state index contributed by atoms with van der Waals surface area (Å²) >= 11 is 3.24. The second-order valence-corrected chi connectivity index (χ2v) is 8.67. The van der Waals surface area contributed by atoms with Crippen LogP contribution in [0, 0.1) is 5.92 Å². The largest absolute Gasteiger partial charge is 0.390 e. The van der Waals surface area contributed by atoms with Crippen molar-refractivity contribution in [2.45, 2.75) is 43.2 Å². The van der Waals surface area contributed by atoms with Gasteiger partial charge in [-0.25, -0.2) is 14.6 Å². The average molecular weight is 428 g/mol. The lowest BCUT2D eigenvalue weighted by Gasteiger charge is -2.16. The van der Waals surface area contributed by atoms with Crippen LogP contribution in [0.5, 0.6) is 0 Å². The van der Waals surface area contributed by atoms with Gasteiger partial charge in [0.2, 0.25) is 5.91 Å². The van der Waals surface area contributed by atoms with Crippen LogP contribution in [-0.2, 0) is 4.79 Å². The van der Waals surface area contributed by atoms with Gasteiger partial charge in [0, 0.05) is 18.1 Å². The molecule has 154 valence electrons. The van der Waals surface area contributed by atoms with E-state index in [2.05, 4.69) is 32.5 Å². The summed E-state index contributed by atoms with van der Waals surface area (Å²) in [6, 6.07) is -0.643. The second-order valence-electron chi connectivity index (χ2n) is 6.62. The Labute approximate surface area is 171 Å². The Balaban J connectivity index is 1.99. The molecule has 1 fully saturated rings. The Morgan fingerprint density at radius 1 is 1.32 bits per heavy atom. The molecule has 0 aliphatic heterocycles. The molecule has 1 aliphatic carbocycles. The van der Waals surface area contributed by atoms with Crippen molar-refractivity contribution in [1.82, 2.24) is 25.0 Å². The molecule has 5 N–H and O–H groups in total. The van der Waals surface area contributed by atoms with E-state index in [0.717, 1.165) is 17.9 Å². The van der Waals surface area contributed by atoms with E-state index in [-0.39, 0.29) is 6.42 Å². The molecule has 2 aromatic heterocycles. The van der Waals surface area contributed by atoms with E-state index in [1.165, 1.54) is 16.4 Å². The number of nitrogens with one attached hydrogen (secondary N) is 1. The Kier molecular flexibility index (Phi) is 6.96. The zero-order valence-electron chi connectivity index (χ0n) is 15.8. The fourth-order valence-corrected chi connectivity index (χ4v) is 4.22. The van der Waals surface area contributed by atoms with Crippen LogP contribution in [-0.4, -0.2) is 77.6 Å². The predicted molar refractivity (Wildman–Crippen MR) is 109 cm³/mol. The highest BCUT2D eigenvalue weighted by Gasteiger charge is 2.46. The number of amides is 1. The van der Waals surface area contributed by atoms with Crippen LogP contribution in [0.2, 0.25) is 0 Å². The maximum Gasteiger partial charge on any atom is 0.223 e. The van der Waals surface area contributed by atoms with Gasteiger partial charge in [0.1, 0.15) is 6.10 Å². The number of aromatic nitrogens is 5. The highest BCUT2D eigenvalue weighted by atomic mass is 32.2. The van der Waals surface area contributed by atoms with E-state index in [1.54, 1.807) is 11.8 Å². The molecule has 0 radical (unpaired) electrons. The van der Waals surface area contributed by atoms with Crippen LogP contribution in [0.4, 0.5) is 5.82 Å². The number of fused-ring (bicyclic) bond motifs is 1. The SMILES string of the molecule is CCCSc1nc(NCCSC)c2nnn(C3C[C@H](C(N)=O)C(O)C3O)c2n1. The molecular weight excluding hydrogens is 402 g/mol. The van der Waals surface area contributed by atoms with E-state index in [9.17, 15) is 15.0 Å². The summed E-state index contributed by atoms with van der Waals surface area (Å²) < 4.78 is 1.48. The lowest BCUT2D eigenvalue weighted by molar-refractivity contribution is -0.125. The molecule has 0 aromatic carbocycles. The number of aliphatic hydroxyl groups excluding tert-OH is 2. The van der Waals surface area contributed by atoms with Gasteiger partial charge in [0.25, 0.3) is 0 Å². The van der Waals surface area contributed by atoms with Crippen molar-refractivity contribution in [2.75, 3.05) is 29.6 Å². The van der Waals surface area contributed by atoms with Crippen molar-refractivity contribution in [1.29, 1.82) is 0 Å². The molecule has 0 spiro atoms. The number of nitrogens with two attached hydrogens (primary N) is 1. The van der Waals surface area contributed by atoms with Gasteiger partial charge in [-0.05, 0) is 19.1 Å². The van der Waals surface area contributed by atoms with E-state index in [1.807, 2.05) is 6.26 Å². The number of carbonyl (C=O) groups is 1. The summed E-state index contributed by atoms with van der Waals surface area (Å²) in [4.78, 5) is 20.7. The standard InChI is InChI=1S/C16H25N7O3S2/c1-3-5-28-16-19-14(18-4-6-27-2)10-15(20-16)23(22-21-10)9-7-8(13(17)26)11(24)12(9)25/h8-9,11-12,24-25H,3-7H2,1-2H3,(H2,17,26)(H,18,19,20)/t8-,9?,11?,12?/m0/s1. The first-order valence-electron chi connectivity index (χ1n) is 9.11. The average Bonchev–Trinajstić information content (AvgIpc) is 3.22. The Hall–Kier alpha value is -1.63. The van der Waals surface area contributed by atoms with Crippen LogP contribution in [0.15, 0.2) is 5.16 Å². The Morgan fingerprint density at radius 3 is 2.75 bits per heavy atom. The third-order valence-electron chi connectivity index (χ3n) is 4.67. The molecule has 2 aromatic rings. The fraction of sp³-hybridized carbons (Fsp3) is 0.688. The Bertz CT molecular complexity index is 834. The lowest BCUT2D eigenvalue weighted by atomic mass is 10.1. The number of aliphatic hydroxyl groups is 2. The minimum absolute atomic E-state index is 0.173. The summed E-state index contributed by atoms with van der Waals surface area (Å²) in [5.74, 6) is 0.876. The first-order valence-corrected chi connectivity index (χ1v) is 11.5. The normalized spacial score (nSPS) is 24.7. The smallest absolute Gasteiger partial charge is 0.223 e. The minimum Gasteiger partial charge on any atom is -0.390 e. The van der Waals surface area contributed by atoms with E-state index in [0.29, 0.717) is 28.7 Å². The number of hydrogen-bond donors (Lipinski definition) is 4. The monoisotopic (exact) mass is 427 g/mol. The van der Waals surface area contributed by atoms with Crippen molar-refractivity contribution in [3.63, 3.8) is 0 Å². The predicted octanol–water partition coefficient (Wildman–Crippen LogP) is 0.266.